The maximum atomic E-state index is 11.2. The molecule has 1 spiro atoms. The summed E-state index contributed by atoms with van der Waals surface area (Å²) in [5, 5.41) is 29.2. The summed E-state index contributed by atoms with van der Waals surface area (Å²) in [6.45, 7) is 11.7. The van der Waals surface area contributed by atoms with Gasteiger partial charge in [0.05, 0.1) is 22.6 Å². The number of oxime groups is 2. The van der Waals surface area contributed by atoms with Gasteiger partial charge >= 0.3 is 0 Å². The highest BCUT2D eigenvalue weighted by molar-refractivity contribution is 7.86. The van der Waals surface area contributed by atoms with Crippen molar-refractivity contribution in [1.29, 1.82) is 0 Å². The zero-order valence-electron chi connectivity index (χ0n) is 31.4. The van der Waals surface area contributed by atoms with E-state index in [0.29, 0.717) is 46.6 Å². The number of phenols is 2. The number of aromatic hydroxyl groups is 2. The van der Waals surface area contributed by atoms with Gasteiger partial charge in [0, 0.05) is 18.3 Å². The van der Waals surface area contributed by atoms with E-state index in [1.54, 1.807) is 26.0 Å². The summed E-state index contributed by atoms with van der Waals surface area (Å²) in [4.78, 5) is 10.6. The summed E-state index contributed by atoms with van der Waals surface area (Å²) in [5.41, 5.74) is 17.3. The summed E-state index contributed by atoms with van der Waals surface area (Å²) in [5.74, 6) is -0.690. The van der Waals surface area contributed by atoms with Gasteiger partial charge in [-0.05, 0) is 95.2 Å². The molecule has 0 bridgehead atoms. The lowest BCUT2D eigenvalue weighted by atomic mass is 9.72. The Labute approximate surface area is 319 Å². The van der Waals surface area contributed by atoms with Crippen LogP contribution in [0.1, 0.15) is 97.9 Å². The van der Waals surface area contributed by atoms with E-state index >= 15 is 0 Å². The third-order valence-corrected chi connectivity index (χ3v) is 12.3. The minimum absolute atomic E-state index is 0.0420. The molecular weight excluding hydrogens is 757 g/mol. The molecule has 1 unspecified atom stereocenters. The largest absolute Gasteiger partial charge is 0.504 e. The number of hydrogen-bond acceptors (Lipinski definition) is 12. The van der Waals surface area contributed by atoms with Gasteiger partial charge in [-0.25, -0.2) is 0 Å². The van der Waals surface area contributed by atoms with Crippen LogP contribution in [0.2, 0.25) is 0 Å². The Morgan fingerprint density at radius 2 is 1.05 bits per heavy atom. The molecule has 6 rings (SSSR count). The van der Waals surface area contributed by atoms with Gasteiger partial charge in [-0.1, -0.05) is 38.0 Å². The lowest BCUT2D eigenvalue weighted by Crippen LogP contribution is -2.27. The summed E-state index contributed by atoms with van der Waals surface area (Å²) in [6.07, 6.45) is 1.31. The minimum atomic E-state index is -4.20. The zero-order chi connectivity index (χ0) is 40.5. The van der Waals surface area contributed by atoms with Gasteiger partial charge in [0.2, 0.25) is 0 Å². The lowest BCUT2D eigenvalue weighted by Gasteiger charge is -2.31. The number of ether oxygens (including phenoxy) is 2. The Bertz CT molecular complexity index is 2370. The van der Waals surface area contributed by atoms with E-state index in [4.69, 9.17) is 39.7 Å². The van der Waals surface area contributed by atoms with Crippen LogP contribution < -0.4 is 20.9 Å². The first-order chi connectivity index (χ1) is 25.5. The molecule has 55 heavy (non-hydrogen) atoms. The van der Waals surface area contributed by atoms with Crippen LogP contribution >= 0.6 is 0 Å². The van der Waals surface area contributed by atoms with Gasteiger partial charge in [-0.3, -0.25) is 9.11 Å². The van der Waals surface area contributed by atoms with Crippen molar-refractivity contribution >= 4 is 31.9 Å². The number of hydrogen-bond donors (Lipinski definition) is 6. The van der Waals surface area contributed by atoms with E-state index < -0.39 is 37.2 Å². The average molecular weight is 803 g/mol. The average Bonchev–Trinajstić information content (AvgIpc) is 3.40. The van der Waals surface area contributed by atoms with Crippen molar-refractivity contribution in [3.63, 3.8) is 0 Å². The second-order valence-electron chi connectivity index (χ2n) is 15.7. The molecular formula is C37H46N4O12S2. The molecule has 3 aromatic carbocycles. The SMILES string of the molecule is Cc1c(C)c(/C(N)=N/OCCCS(=O)(=O)O)c2c(c1/C(N)=N/OCCCS(=O)(=O)O)Oc1cc3c(cc1O2)C1(CC(C)(C)c2cc(O)c(O)cc21)CC3(C)C. The molecule has 0 radical (unpaired) electrons. The molecule has 2 aliphatic carbocycles. The molecule has 0 saturated carbocycles. The van der Waals surface area contributed by atoms with Gasteiger partial charge in [0.15, 0.2) is 46.2 Å². The van der Waals surface area contributed by atoms with E-state index in [0.717, 1.165) is 22.3 Å². The maximum Gasteiger partial charge on any atom is 0.264 e. The second kappa shape index (κ2) is 13.8. The fraction of sp³-hybridized carbons (Fsp3) is 0.459. The fourth-order valence-electron chi connectivity index (χ4n) is 8.40. The number of fused-ring (bicyclic) bond motifs is 6. The summed E-state index contributed by atoms with van der Waals surface area (Å²) < 4.78 is 76.0. The molecule has 1 atom stereocenters. The Hall–Kier alpha value is -4.78. The lowest BCUT2D eigenvalue weighted by molar-refractivity contribution is 0.144. The van der Waals surface area contributed by atoms with E-state index in [1.807, 2.05) is 12.1 Å². The summed E-state index contributed by atoms with van der Waals surface area (Å²) in [6, 6.07) is 7.17. The molecule has 298 valence electrons. The van der Waals surface area contributed by atoms with Crippen LogP contribution in [-0.2, 0) is 46.2 Å². The predicted molar refractivity (Wildman–Crippen MR) is 204 cm³/mol. The predicted octanol–water partition coefficient (Wildman–Crippen LogP) is 5.09. The van der Waals surface area contributed by atoms with Crippen molar-refractivity contribution in [2.45, 2.75) is 83.5 Å². The van der Waals surface area contributed by atoms with E-state index in [-0.39, 0.29) is 71.6 Å². The molecule has 0 aromatic heterocycles. The minimum Gasteiger partial charge on any atom is -0.504 e. The van der Waals surface area contributed by atoms with E-state index in [2.05, 4.69) is 38.0 Å². The van der Waals surface area contributed by atoms with Gasteiger partial charge < -0.3 is 40.8 Å². The molecule has 1 heterocycles. The molecule has 1 aliphatic heterocycles. The number of benzene rings is 3. The third-order valence-electron chi connectivity index (χ3n) is 10.7. The van der Waals surface area contributed by atoms with Crippen LogP contribution in [0.4, 0.5) is 0 Å². The quantitative estimate of drug-likeness (QED) is 0.0272. The standard InChI is InChI=1S/C37H46N4O12S2/c1-19-20(2)30(34(39)41-51-10-8-12-55(47,48)49)32-31(29(19)33(38)40-50-9-7-11-54(44,45)46)52-27-15-22-24(16-28(27)53-32)37(18-36(22,5)6)17-35(3,4)21-13-25(42)26(43)14-23(21)37/h13-16,42-43H,7-12,17-18H2,1-6H3,(H2,38,40)(H2,39,41)(H,44,45,46)(H,47,48,49). The van der Waals surface area contributed by atoms with Gasteiger partial charge in [0.1, 0.15) is 13.2 Å². The van der Waals surface area contributed by atoms with E-state index in [1.165, 1.54) is 0 Å². The first-order valence-electron chi connectivity index (χ1n) is 17.6. The Balaban J connectivity index is 1.46. The van der Waals surface area contributed by atoms with Crippen LogP contribution in [0.3, 0.4) is 0 Å². The maximum absolute atomic E-state index is 11.2. The first-order valence-corrected chi connectivity index (χ1v) is 20.8. The van der Waals surface area contributed by atoms with Crippen LogP contribution in [0, 0.1) is 13.8 Å². The molecule has 0 saturated heterocycles. The molecule has 3 aliphatic rings. The summed E-state index contributed by atoms with van der Waals surface area (Å²) in [7, 11) is -8.39. The zero-order valence-corrected chi connectivity index (χ0v) is 33.0. The van der Waals surface area contributed by atoms with Gasteiger partial charge in [-0.2, -0.15) is 16.8 Å². The number of amidine groups is 2. The Kier molecular flexibility index (Phi) is 9.98. The smallest absolute Gasteiger partial charge is 0.264 e. The molecule has 0 fully saturated rings. The van der Waals surface area contributed by atoms with E-state index in [9.17, 15) is 27.0 Å². The van der Waals surface area contributed by atoms with Crippen LogP contribution in [0.15, 0.2) is 34.6 Å². The molecule has 0 amide bonds. The highest BCUT2D eigenvalue weighted by Gasteiger charge is 2.57. The van der Waals surface area contributed by atoms with Crippen molar-refractivity contribution in [3.05, 3.63) is 68.8 Å². The number of rotatable bonds is 12. The molecule has 3 aromatic rings. The van der Waals surface area contributed by atoms with Crippen molar-refractivity contribution in [3.8, 4) is 34.5 Å². The topological polar surface area (TPSA) is 263 Å². The monoisotopic (exact) mass is 802 g/mol. The highest BCUT2D eigenvalue weighted by Crippen LogP contribution is 2.65. The fourth-order valence-corrected chi connectivity index (χ4v) is 9.37. The van der Waals surface area contributed by atoms with Crippen molar-refractivity contribution in [2.24, 2.45) is 21.8 Å². The first kappa shape index (κ1) is 39.9. The van der Waals surface area contributed by atoms with Crippen molar-refractivity contribution in [2.75, 3.05) is 24.7 Å². The third kappa shape index (κ3) is 7.47. The number of nitrogens with zero attached hydrogens (tertiary/aromatic N) is 2. The molecule has 16 nitrogen and oxygen atoms in total. The second-order valence-corrected chi connectivity index (χ2v) is 18.8. The Morgan fingerprint density at radius 1 is 0.691 bits per heavy atom. The number of nitrogens with two attached hydrogens (primary N) is 2. The summed E-state index contributed by atoms with van der Waals surface area (Å²) >= 11 is 0. The van der Waals surface area contributed by atoms with Crippen LogP contribution in [0.5, 0.6) is 34.5 Å². The van der Waals surface area contributed by atoms with Crippen molar-refractivity contribution in [1.82, 2.24) is 0 Å². The van der Waals surface area contributed by atoms with Gasteiger partial charge in [0.25, 0.3) is 20.2 Å². The van der Waals surface area contributed by atoms with Crippen molar-refractivity contribution < 1.29 is 55.3 Å². The normalized spacial score (nSPS) is 19.6. The highest BCUT2D eigenvalue weighted by atomic mass is 32.2. The Morgan fingerprint density at radius 3 is 1.47 bits per heavy atom. The molecule has 18 heteroatoms. The van der Waals surface area contributed by atoms with Crippen LogP contribution in [0.25, 0.3) is 0 Å². The van der Waals surface area contributed by atoms with Crippen LogP contribution in [-0.4, -0.2) is 72.5 Å². The van der Waals surface area contributed by atoms with Gasteiger partial charge in [-0.15, -0.1) is 0 Å². The number of phenolic OH excluding ortho intramolecular Hbond substituents is 2. The molecule has 8 N–H and O–H groups in total.